The molecule has 0 spiro atoms. The van der Waals surface area contributed by atoms with E-state index < -0.39 is 0 Å². The number of carbonyl (C=O) groups is 1. The molecule has 2 rings (SSSR count). The third kappa shape index (κ3) is 3.43. The van der Waals surface area contributed by atoms with Crippen molar-refractivity contribution in [3.63, 3.8) is 0 Å². The smallest absolute Gasteiger partial charge is 0.317 e. The molecule has 0 unspecified atom stereocenters. The van der Waals surface area contributed by atoms with Gasteiger partial charge >= 0.3 is 5.97 Å². The normalized spacial score (nSPS) is 9.79. The van der Waals surface area contributed by atoms with Crippen LogP contribution >= 0.6 is 11.6 Å². The minimum absolute atomic E-state index is 0.0743. The molecule has 5 heteroatoms. The van der Waals surface area contributed by atoms with Gasteiger partial charge in [-0.15, -0.1) is 0 Å². The van der Waals surface area contributed by atoms with Gasteiger partial charge in [-0.3, -0.25) is 4.79 Å². The van der Waals surface area contributed by atoms with E-state index in [2.05, 4.69) is 21.8 Å². The van der Waals surface area contributed by atoms with E-state index in [4.69, 9.17) is 16.3 Å². The predicted molar refractivity (Wildman–Crippen MR) is 72.7 cm³/mol. The maximum atomic E-state index is 11.1. The highest BCUT2D eigenvalue weighted by molar-refractivity contribution is 6.34. The highest BCUT2D eigenvalue weighted by Crippen LogP contribution is 2.19. The molecule has 0 saturated heterocycles. The Balaban J connectivity index is 2.20. The van der Waals surface area contributed by atoms with Crippen molar-refractivity contribution in [3.8, 4) is 11.8 Å². The number of fused-ring (bicyclic) bond motifs is 1. The molecule has 1 heterocycles. The molecule has 0 aliphatic rings. The van der Waals surface area contributed by atoms with Crippen LogP contribution in [0.5, 0.6) is 0 Å². The molecule has 0 radical (unpaired) electrons. The highest BCUT2D eigenvalue weighted by Gasteiger charge is 2.01. The molecule has 96 valence electrons. The summed E-state index contributed by atoms with van der Waals surface area (Å²) in [5.41, 5.74) is 1.52. The van der Waals surface area contributed by atoms with Crippen LogP contribution in [-0.2, 0) is 9.53 Å². The Morgan fingerprint density at radius 2 is 2.26 bits per heavy atom. The molecular formula is C14H11ClN2O2. The van der Waals surface area contributed by atoms with E-state index in [0.29, 0.717) is 11.8 Å². The van der Waals surface area contributed by atoms with E-state index in [9.17, 15) is 4.79 Å². The number of halogens is 1. The van der Waals surface area contributed by atoms with E-state index in [0.717, 1.165) is 16.5 Å². The number of aromatic nitrogens is 2. The topological polar surface area (TPSA) is 52.1 Å². The van der Waals surface area contributed by atoms with Gasteiger partial charge in [-0.05, 0) is 25.1 Å². The summed E-state index contributed by atoms with van der Waals surface area (Å²) in [6, 6.07) is 5.44. The number of hydrogen-bond acceptors (Lipinski definition) is 4. The number of hydrogen-bond donors (Lipinski definition) is 0. The molecule has 0 bridgehead atoms. The summed E-state index contributed by atoms with van der Waals surface area (Å²) in [5, 5.41) is 1.13. The maximum absolute atomic E-state index is 11.1. The van der Waals surface area contributed by atoms with Crippen molar-refractivity contribution in [1.29, 1.82) is 0 Å². The van der Waals surface area contributed by atoms with Gasteiger partial charge in [0.1, 0.15) is 17.9 Å². The van der Waals surface area contributed by atoms with E-state index >= 15 is 0 Å². The van der Waals surface area contributed by atoms with Gasteiger partial charge < -0.3 is 4.74 Å². The van der Waals surface area contributed by atoms with E-state index in [1.54, 1.807) is 13.0 Å². The van der Waals surface area contributed by atoms with Crippen LogP contribution in [0.25, 0.3) is 10.9 Å². The molecule has 0 atom stereocenters. The first-order valence-corrected chi connectivity index (χ1v) is 6.13. The average molecular weight is 275 g/mol. The minimum Gasteiger partial charge on any atom is -0.465 e. The lowest BCUT2D eigenvalue weighted by molar-refractivity contribution is -0.141. The zero-order valence-electron chi connectivity index (χ0n) is 10.3. The number of nitrogens with zero attached hydrogens (tertiary/aromatic N) is 2. The van der Waals surface area contributed by atoms with Gasteiger partial charge in [0.25, 0.3) is 0 Å². The molecule has 0 aliphatic carbocycles. The van der Waals surface area contributed by atoms with Gasteiger partial charge in [0.2, 0.25) is 0 Å². The van der Waals surface area contributed by atoms with Crippen LogP contribution in [0, 0.1) is 11.8 Å². The zero-order valence-corrected chi connectivity index (χ0v) is 11.1. The van der Waals surface area contributed by atoms with Crippen molar-refractivity contribution < 1.29 is 9.53 Å². The van der Waals surface area contributed by atoms with Crippen LogP contribution in [0.4, 0.5) is 0 Å². The third-order valence-electron chi connectivity index (χ3n) is 2.36. The summed E-state index contributed by atoms with van der Waals surface area (Å²) in [5.74, 6) is 5.33. The highest BCUT2D eigenvalue weighted by atomic mass is 35.5. The van der Waals surface area contributed by atoms with Crippen molar-refractivity contribution in [2.75, 3.05) is 6.61 Å². The molecule has 1 aromatic heterocycles. The number of esters is 1. The van der Waals surface area contributed by atoms with Crippen molar-refractivity contribution in [2.45, 2.75) is 13.3 Å². The molecule has 1 aromatic carbocycles. The van der Waals surface area contributed by atoms with Crippen LogP contribution in [-0.4, -0.2) is 22.5 Å². The molecule has 0 aliphatic heterocycles. The van der Waals surface area contributed by atoms with E-state index in [1.807, 2.05) is 12.1 Å². The van der Waals surface area contributed by atoms with Gasteiger partial charge in [0, 0.05) is 10.9 Å². The molecular weight excluding hydrogens is 264 g/mol. The van der Waals surface area contributed by atoms with Crippen molar-refractivity contribution in [1.82, 2.24) is 9.97 Å². The number of carbonyl (C=O) groups excluding carboxylic acids is 1. The number of ether oxygens (including phenoxy) is 1. The lowest BCUT2D eigenvalue weighted by atomic mass is 10.1. The quantitative estimate of drug-likeness (QED) is 0.480. The van der Waals surface area contributed by atoms with E-state index in [1.165, 1.54) is 6.33 Å². The van der Waals surface area contributed by atoms with Gasteiger partial charge in [-0.2, -0.15) is 0 Å². The second-order valence-corrected chi connectivity index (χ2v) is 4.04. The second-order valence-electron chi connectivity index (χ2n) is 3.68. The Labute approximate surface area is 115 Å². The first kappa shape index (κ1) is 13.3. The van der Waals surface area contributed by atoms with Crippen LogP contribution < -0.4 is 0 Å². The van der Waals surface area contributed by atoms with Gasteiger partial charge in [0.15, 0.2) is 0 Å². The molecule has 0 fully saturated rings. The monoisotopic (exact) mass is 274 g/mol. The Kier molecular flexibility index (Phi) is 4.32. The molecule has 19 heavy (non-hydrogen) atoms. The number of rotatable bonds is 2. The standard InChI is InChI=1S/C14H11ClN2O2/c1-2-19-13(18)5-3-4-10-6-7-12-11(8-10)14(15)17-9-16-12/h6-9H,2,5H2,1H3. The second kappa shape index (κ2) is 6.17. The first-order chi connectivity index (χ1) is 9.20. The summed E-state index contributed by atoms with van der Waals surface area (Å²) in [6.07, 6.45) is 1.49. The van der Waals surface area contributed by atoms with E-state index in [-0.39, 0.29) is 12.4 Å². The molecule has 0 amide bonds. The molecule has 4 nitrogen and oxygen atoms in total. The van der Waals surface area contributed by atoms with Crippen LogP contribution in [0.1, 0.15) is 18.9 Å². The number of benzene rings is 1. The van der Waals surface area contributed by atoms with Gasteiger partial charge in [-0.1, -0.05) is 23.4 Å². The molecule has 0 N–H and O–H groups in total. The zero-order chi connectivity index (χ0) is 13.7. The van der Waals surface area contributed by atoms with Crippen LogP contribution in [0.2, 0.25) is 5.15 Å². The first-order valence-electron chi connectivity index (χ1n) is 5.75. The minimum atomic E-state index is -0.322. The van der Waals surface area contributed by atoms with Crippen molar-refractivity contribution in [3.05, 3.63) is 35.2 Å². The summed E-state index contributed by atoms with van der Waals surface area (Å²) >= 11 is 5.98. The summed E-state index contributed by atoms with van der Waals surface area (Å²) in [7, 11) is 0. The Morgan fingerprint density at radius 3 is 3.05 bits per heavy atom. The summed E-state index contributed by atoms with van der Waals surface area (Å²) < 4.78 is 4.79. The lowest BCUT2D eigenvalue weighted by Gasteiger charge is -1.99. The van der Waals surface area contributed by atoms with Crippen molar-refractivity contribution >= 4 is 28.5 Å². The fraction of sp³-hybridized carbons (Fsp3) is 0.214. The molecule has 2 aromatic rings. The van der Waals surface area contributed by atoms with Crippen LogP contribution in [0.3, 0.4) is 0 Å². The Bertz CT molecular complexity index is 674. The lowest BCUT2D eigenvalue weighted by Crippen LogP contribution is -2.01. The summed E-state index contributed by atoms with van der Waals surface area (Å²) in [4.78, 5) is 19.1. The predicted octanol–water partition coefficient (Wildman–Crippen LogP) is 2.59. The molecule has 0 saturated carbocycles. The largest absolute Gasteiger partial charge is 0.465 e. The van der Waals surface area contributed by atoms with Crippen LogP contribution in [0.15, 0.2) is 24.5 Å². The SMILES string of the molecule is CCOC(=O)CC#Cc1ccc2ncnc(Cl)c2c1. The Hall–Kier alpha value is -2.12. The van der Waals surface area contributed by atoms with Crippen molar-refractivity contribution in [2.24, 2.45) is 0 Å². The fourth-order valence-corrected chi connectivity index (χ4v) is 1.73. The van der Waals surface area contributed by atoms with Gasteiger partial charge in [-0.25, -0.2) is 9.97 Å². The summed E-state index contributed by atoms with van der Waals surface area (Å²) in [6.45, 7) is 2.13. The fourth-order valence-electron chi connectivity index (χ4n) is 1.53. The Morgan fingerprint density at radius 1 is 1.42 bits per heavy atom. The third-order valence-corrected chi connectivity index (χ3v) is 2.66. The van der Waals surface area contributed by atoms with Gasteiger partial charge in [0.05, 0.1) is 12.1 Å². The maximum Gasteiger partial charge on any atom is 0.317 e. The average Bonchev–Trinajstić information content (AvgIpc) is 2.40.